The zero-order valence-electron chi connectivity index (χ0n) is 11.0. The molecule has 0 unspecified atom stereocenters. The van der Waals surface area contributed by atoms with Crippen LogP contribution in [0.25, 0.3) is 0 Å². The molecule has 2 aromatic carbocycles. The average molecular weight is 305 g/mol. The Morgan fingerprint density at radius 3 is 2.81 bits per heavy atom. The fraction of sp³-hybridized carbons (Fsp3) is 0.133. The van der Waals surface area contributed by atoms with Gasteiger partial charge >= 0.3 is 6.09 Å². The van der Waals surface area contributed by atoms with Crippen LogP contribution in [0, 0.1) is 0 Å². The van der Waals surface area contributed by atoms with Gasteiger partial charge in [-0.2, -0.15) is 0 Å². The maximum Gasteiger partial charge on any atom is 0.411 e. The van der Waals surface area contributed by atoms with Crippen LogP contribution in [0.3, 0.4) is 0 Å². The summed E-state index contributed by atoms with van der Waals surface area (Å²) in [6.07, 6.45) is -0.249. The SMILES string of the molecule is Nc1ccc(Oc2ccc3c(c2)N(C(=O)O)CC3)c(Cl)c1. The molecule has 0 aromatic heterocycles. The summed E-state index contributed by atoms with van der Waals surface area (Å²) in [5.41, 5.74) is 7.84. The highest BCUT2D eigenvalue weighted by atomic mass is 35.5. The van der Waals surface area contributed by atoms with Crippen LogP contribution in [-0.2, 0) is 6.42 Å². The molecule has 0 aliphatic carbocycles. The van der Waals surface area contributed by atoms with Gasteiger partial charge in [0, 0.05) is 18.3 Å². The molecule has 0 radical (unpaired) electrons. The van der Waals surface area contributed by atoms with Crippen LogP contribution in [0.2, 0.25) is 5.02 Å². The fourth-order valence-electron chi connectivity index (χ4n) is 2.35. The Kier molecular flexibility index (Phi) is 3.35. The number of carbonyl (C=O) groups is 1. The van der Waals surface area contributed by atoms with E-state index in [-0.39, 0.29) is 0 Å². The van der Waals surface area contributed by atoms with E-state index in [1.54, 1.807) is 30.3 Å². The van der Waals surface area contributed by atoms with Gasteiger partial charge in [-0.1, -0.05) is 17.7 Å². The predicted octanol–water partition coefficient (Wildman–Crippen LogP) is 3.76. The second kappa shape index (κ2) is 5.18. The molecule has 0 fully saturated rings. The van der Waals surface area contributed by atoms with Gasteiger partial charge in [-0.05, 0) is 36.2 Å². The van der Waals surface area contributed by atoms with Gasteiger partial charge in [0.1, 0.15) is 11.5 Å². The zero-order chi connectivity index (χ0) is 15.0. The second-order valence-corrected chi connectivity index (χ2v) is 5.17. The Morgan fingerprint density at radius 1 is 1.29 bits per heavy atom. The highest BCUT2D eigenvalue weighted by Crippen LogP contribution is 2.36. The van der Waals surface area contributed by atoms with E-state index in [4.69, 9.17) is 27.2 Å². The molecule has 1 aliphatic heterocycles. The number of rotatable bonds is 2. The summed E-state index contributed by atoms with van der Waals surface area (Å²) < 4.78 is 5.71. The summed E-state index contributed by atoms with van der Waals surface area (Å²) in [7, 11) is 0. The normalized spacial score (nSPS) is 13.1. The first-order valence-electron chi connectivity index (χ1n) is 6.41. The minimum absolute atomic E-state index is 0.408. The number of benzene rings is 2. The second-order valence-electron chi connectivity index (χ2n) is 4.77. The van der Waals surface area contributed by atoms with Crippen molar-refractivity contribution < 1.29 is 14.6 Å². The Morgan fingerprint density at radius 2 is 2.10 bits per heavy atom. The lowest BCUT2D eigenvalue weighted by Gasteiger charge is -2.14. The first kappa shape index (κ1) is 13.6. The summed E-state index contributed by atoms with van der Waals surface area (Å²) in [5.74, 6) is 1.01. The fourth-order valence-corrected chi connectivity index (χ4v) is 2.58. The first-order valence-corrected chi connectivity index (χ1v) is 6.78. The minimum atomic E-state index is -0.962. The van der Waals surface area contributed by atoms with Gasteiger partial charge in [0.15, 0.2) is 0 Å². The lowest BCUT2D eigenvalue weighted by Crippen LogP contribution is -2.26. The number of nitrogens with two attached hydrogens (primary N) is 1. The molecule has 5 nitrogen and oxygen atoms in total. The van der Waals surface area contributed by atoms with Crippen molar-refractivity contribution in [2.45, 2.75) is 6.42 Å². The number of halogens is 1. The maximum absolute atomic E-state index is 11.2. The highest BCUT2D eigenvalue weighted by Gasteiger charge is 2.24. The standard InChI is InChI=1S/C15H13ClN2O3/c16-12-7-10(17)2-4-14(12)21-11-3-1-9-5-6-18(15(19)20)13(9)8-11/h1-4,7-8H,5-6,17H2,(H,19,20). The lowest BCUT2D eigenvalue weighted by atomic mass is 10.1. The van der Waals surface area contributed by atoms with Gasteiger partial charge in [-0.3, -0.25) is 4.90 Å². The first-order chi connectivity index (χ1) is 10.0. The van der Waals surface area contributed by atoms with E-state index in [0.717, 1.165) is 5.56 Å². The number of anilines is 2. The molecular weight excluding hydrogens is 292 g/mol. The number of carboxylic acid groups (broad SMARTS) is 1. The van der Waals surface area contributed by atoms with E-state index >= 15 is 0 Å². The van der Waals surface area contributed by atoms with Crippen LogP contribution in [0.1, 0.15) is 5.56 Å². The van der Waals surface area contributed by atoms with Crippen LogP contribution in [-0.4, -0.2) is 17.7 Å². The molecule has 6 heteroatoms. The number of hydrogen-bond acceptors (Lipinski definition) is 3. The van der Waals surface area contributed by atoms with Crippen molar-refractivity contribution >= 4 is 29.1 Å². The largest absolute Gasteiger partial charge is 0.465 e. The van der Waals surface area contributed by atoms with E-state index in [1.165, 1.54) is 4.90 Å². The zero-order valence-corrected chi connectivity index (χ0v) is 11.8. The molecule has 3 rings (SSSR count). The summed E-state index contributed by atoms with van der Waals surface area (Å²) in [5, 5.41) is 9.57. The molecule has 1 amide bonds. The van der Waals surface area contributed by atoms with Gasteiger partial charge in [0.25, 0.3) is 0 Å². The number of nitrogen functional groups attached to an aromatic ring is 1. The van der Waals surface area contributed by atoms with Crippen molar-refractivity contribution in [3.8, 4) is 11.5 Å². The minimum Gasteiger partial charge on any atom is -0.465 e. The number of amides is 1. The van der Waals surface area contributed by atoms with Crippen molar-refractivity contribution in [2.75, 3.05) is 17.2 Å². The van der Waals surface area contributed by atoms with E-state index < -0.39 is 6.09 Å². The molecule has 1 aliphatic rings. The third-order valence-corrected chi connectivity index (χ3v) is 3.66. The Labute approximate surface area is 126 Å². The smallest absolute Gasteiger partial charge is 0.411 e. The van der Waals surface area contributed by atoms with Crippen LogP contribution >= 0.6 is 11.6 Å². The van der Waals surface area contributed by atoms with Crippen LogP contribution in [0.5, 0.6) is 11.5 Å². The van der Waals surface area contributed by atoms with Gasteiger partial charge in [0.05, 0.1) is 10.7 Å². The lowest BCUT2D eigenvalue weighted by molar-refractivity contribution is 0.202. The molecule has 1 heterocycles. The van der Waals surface area contributed by atoms with Crippen molar-refractivity contribution in [2.24, 2.45) is 0 Å². The number of ether oxygens (including phenoxy) is 1. The van der Waals surface area contributed by atoms with E-state index in [9.17, 15) is 4.79 Å². The maximum atomic E-state index is 11.2. The Bertz CT molecular complexity index is 718. The summed E-state index contributed by atoms with van der Waals surface area (Å²) in [6.45, 7) is 0.469. The van der Waals surface area contributed by atoms with Crippen LogP contribution in [0.15, 0.2) is 36.4 Å². The molecule has 0 bridgehead atoms. The summed E-state index contributed by atoms with van der Waals surface area (Å²) in [6, 6.07) is 10.4. The summed E-state index contributed by atoms with van der Waals surface area (Å²) >= 11 is 6.07. The van der Waals surface area contributed by atoms with E-state index in [1.807, 2.05) is 6.07 Å². The van der Waals surface area contributed by atoms with E-state index in [0.29, 0.717) is 40.9 Å². The predicted molar refractivity (Wildman–Crippen MR) is 81.5 cm³/mol. The summed E-state index contributed by atoms with van der Waals surface area (Å²) in [4.78, 5) is 12.5. The Balaban J connectivity index is 1.91. The molecule has 108 valence electrons. The topological polar surface area (TPSA) is 75.8 Å². The van der Waals surface area contributed by atoms with Crippen molar-refractivity contribution in [3.05, 3.63) is 47.0 Å². The average Bonchev–Trinajstić information content (AvgIpc) is 2.85. The van der Waals surface area contributed by atoms with Crippen molar-refractivity contribution in [1.29, 1.82) is 0 Å². The molecule has 0 saturated heterocycles. The monoisotopic (exact) mass is 304 g/mol. The number of nitrogens with zero attached hydrogens (tertiary/aromatic N) is 1. The van der Waals surface area contributed by atoms with Gasteiger partial charge in [-0.15, -0.1) is 0 Å². The number of fused-ring (bicyclic) bond motifs is 1. The molecule has 0 saturated carbocycles. The van der Waals surface area contributed by atoms with Crippen LogP contribution < -0.4 is 15.4 Å². The molecule has 0 spiro atoms. The quantitative estimate of drug-likeness (QED) is 0.828. The van der Waals surface area contributed by atoms with Crippen molar-refractivity contribution in [1.82, 2.24) is 0 Å². The molecule has 3 N–H and O–H groups in total. The van der Waals surface area contributed by atoms with Gasteiger partial charge in [0.2, 0.25) is 0 Å². The van der Waals surface area contributed by atoms with E-state index in [2.05, 4.69) is 0 Å². The Hall–Kier alpha value is -2.40. The van der Waals surface area contributed by atoms with Gasteiger partial charge in [-0.25, -0.2) is 4.79 Å². The third kappa shape index (κ3) is 2.60. The van der Waals surface area contributed by atoms with Crippen molar-refractivity contribution in [3.63, 3.8) is 0 Å². The highest BCUT2D eigenvalue weighted by molar-refractivity contribution is 6.32. The molecular formula is C15H13ClN2O3. The molecule has 2 aromatic rings. The molecule has 0 atom stereocenters. The van der Waals surface area contributed by atoms with Crippen LogP contribution in [0.4, 0.5) is 16.2 Å². The van der Waals surface area contributed by atoms with Gasteiger partial charge < -0.3 is 15.6 Å². The third-order valence-electron chi connectivity index (χ3n) is 3.37. The molecule has 21 heavy (non-hydrogen) atoms. The number of hydrogen-bond donors (Lipinski definition) is 2.